The molecule has 0 bridgehead atoms. The predicted molar refractivity (Wildman–Crippen MR) is 127 cm³/mol. The van der Waals surface area contributed by atoms with E-state index < -0.39 is 16.0 Å². The lowest BCUT2D eigenvalue weighted by molar-refractivity contribution is 0.0488. The number of furan rings is 1. The molecule has 0 saturated carbocycles. The van der Waals surface area contributed by atoms with Crippen LogP contribution in [0.1, 0.15) is 41.4 Å². The average Bonchev–Trinajstić information content (AvgIpc) is 3.17. The summed E-state index contributed by atoms with van der Waals surface area (Å²) < 4.78 is 39.1. The summed E-state index contributed by atoms with van der Waals surface area (Å²) in [6.45, 7) is 6.52. The van der Waals surface area contributed by atoms with E-state index in [1.807, 2.05) is 31.2 Å². The number of para-hydroxylation sites is 1. The zero-order valence-electron chi connectivity index (χ0n) is 19.0. The van der Waals surface area contributed by atoms with Crippen molar-refractivity contribution in [2.24, 2.45) is 5.92 Å². The van der Waals surface area contributed by atoms with Gasteiger partial charge >= 0.3 is 5.97 Å². The number of hydrogen-bond donors (Lipinski definition) is 1. The number of esters is 1. The van der Waals surface area contributed by atoms with Crippen molar-refractivity contribution in [2.75, 3.05) is 26.2 Å². The van der Waals surface area contributed by atoms with Gasteiger partial charge < -0.3 is 9.15 Å². The maximum Gasteiger partial charge on any atom is 0.374 e. The lowest BCUT2D eigenvalue weighted by atomic mass is 9.97. The van der Waals surface area contributed by atoms with Gasteiger partial charge in [0, 0.05) is 30.6 Å². The number of ether oxygens (including phenoxy) is 1. The van der Waals surface area contributed by atoms with Crippen molar-refractivity contribution >= 4 is 27.0 Å². The number of sulfonamides is 1. The Kier molecular flexibility index (Phi) is 7.17. The lowest BCUT2D eigenvalue weighted by Crippen LogP contribution is -2.40. The number of piperidine rings is 1. The molecule has 1 saturated heterocycles. The summed E-state index contributed by atoms with van der Waals surface area (Å²) >= 11 is 0. The molecule has 4 rings (SSSR count). The molecule has 2 aromatic carbocycles. The van der Waals surface area contributed by atoms with E-state index in [1.54, 1.807) is 31.2 Å². The van der Waals surface area contributed by atoms with Crippen LogP contribution in [0.2, 0.25) is 0 Å². The number of nitrogens with zero attached hydrogens (tertiary/aromatic N) is 1. The molecular weight excluding hydrogens is 440 g/mol. The molecule has 7 nitrogen and oxygen atoms in total. The second-order valence-electron chi connectivity index (χ2n) is 8.53. The van der Waals surface area contributed by atoms with E-state index >= 15 is 0 Å². The van der Waals surface area contributed by atoms with Crippen LogP contribution < -0.4 is 4.72 Å². The highest BCUT2D eigenvalue weighted by Crippen LogP contribution is 2.29. The standard InChI is InChI=1S/C25H30N2O5S/c1-3-31-25(28)24-22(21-8-4-5-9-23(21)32-24)17-27-14-6-7-19(16-27)15-26-33(29,30)20-12-10-18(2)11-13-20/h4-5,8-13,19,26H,3,6-7,14-17H2,1-2H3. The Hall–Kier alpha value is -2.68. The largest absolute Gasteiger partial charge is 0.460 e. The first kappa shape index (κ1) is 23.5. The zero-order valence-corrected chi connectivity index (χ0v) is 19.9. The van der Waals surface area contributed by atoms with Crippen LogP contribution in [0.15, 0.2) is 57.8 Å². The van der Waals surface area contributed by atoms with Gasteiger partial charge in [-0.3, -0.25) is 4.90 Å². The fourth-order valence-corrected chi connectivity index (χ4v) is 5.45. The Bertz CT molecular complexity index is 1220. The van der Waals surface area contributed by atoms with Crippen LogP contribution in [-0.2, 0) is 21.3 Å². The Morgan fingerprint density at radius 1 is 1.18 bits per heavy atom. The maximum absolute atomic E-state index is 12.7. The van der Waals surface area contributed by atoms with Gasteiger partial charge in [0.05, 0.1) is 11.5 Å². The summed E-state index contributed by atoms with van der Waals surface area (Å²) in [7, 11) is -3.54. The second-order valence-corrected chi connectivity index (χ2v) is 10.3. The van der Waals surface area contributed by atoms with E-state index in [2.05, 4.69) is 9.62 Å². The Morgan fingerprint density at radius 2 is 1.94 bits per heavy atom. The molecule has 0 radical (unpaired) electrons. The van der Waals surface area contributed by atoms with E-state index in [4.69, 9.17) is 9.15 Å². The highest BCUT2D eigenvalue weighted by Gasteiger charge is 2.27. The molecule has 33 heavy (non-hydrogen) atoms. The van der Waals surface area contributed by atoms with E-state index in [1.165, 1.54) is 0 Å². The first-order valence-electron chi connectivity index (χ1n) is 11.3. The summed E-state index contributed by atoms with van der Waals surface area (Å²) in [6.07, 6.45) is 1.91. The van der Waals surface area contributed by atoms with E-state index in [-0.39, 0.29) is 23.2 Å². The minimum atomic E-state index is -3.54. The smallest absolute Gasteiger partial charge is 0.374 e. The van der Waals surface area contributed by atoms with Gasteiger partial charge in [0.25, 0.3) is 0 Å². The molecule has 3 aromatic rings. The Morgan fingerprint density at radius 3 is 2.70 bits per heavy atom. The van der Waals surface area contributed by atoms with Crippen molar-refractivity contribution < 1.29 is 22.4 Å². The van der Waals surface area contributed by atoms with Gasteiger partial charge in [-0.2, -0.15) is 0 Å². The number of carbonyl (C=O) groups is 1. The summed E-state index contributed by atoms with van der Waals surface area (Å²) in [5, 5.41) is 0.905. The van der Waals surface area contributed by atoms with Crippen LogP contribution in [0, 0.1) is 12.8 Å². The first-order chi connectivity index (χ1) is 15.9. The molecule has 0 amide bonds. The van der Waals surface area contributed by atoms with Crippen molar-refractivity contribution in [1.29, 1.82) is 0 Å². The summed E-state index contributed by atoms with van der Waals surface area (Å²) in [4.78, 5) is 15.0. The topological polar surface area (TPSA) is 88.8 Å². The predicted octanol–water partition coefficient (Wildman–Crippen LogP) is 4.11. The Labute approximate surface area is 194 Å². The van der Waals surface area contributed by atoms with Gasteiger partial charge in [0.2, 0.25) is 15.8 Å². The molecule has 1 aromatic heterocycles. The van der Waals surface area contributed by atoms with Crippen molar-refractivity contribution in [3.8, 4) is 0 Å². The molecule has 2 heterocycles. The van der Waals surface area contributed by atoms with Crippen LogP contribution >= 0.6 is 0 Å². The normalized spacial score (nSPS) is 17.3. The van der Waals surface area contributed by atoms with Gasteiger partial charge in [-0.15, -0.1) is 0 Å². The summed E-state index contributed by atoms with van der Waals surface area (Å²) in [6, 6.07) is 14.5. The number of nitrogens with one attached hydrogen (secondary N) is 1. The molecule has 1 N–H and O–H groups in total. The molecule has 0 aliphatic carbocycles. The number of aryl methyl sites for hydroxylation is 1. The fraction of sp³-hybridized carbons (Fsp3) is 0.400. The lowest BCUT2D eigenvalue weighted by Gasteiger charge is -2.32. The van der Waals surface area contributed by atoms with E-state index in [9.17, 15) is 13.2 Å². The van der Waals surface area contributed by atoms with Crippen molar-refractivity contribution in [2.45, 2.75) is 38.1 Å². The highest BCUT2D eigenvalue weighted by atomic mass is 32.2. The van der Waals surface area contributed by atoms with Crippen molar-refractivity contribution in [3.63, 3.8) is 0 Å². The van der Waals surface area contributed by atoms with E-state index in [0.29, 0.717) is 18.7 Å². The number of likely N-dealkylation sites (tertiary alicyclic amines) is 1. The molecule has 1 fully saturated rings. The monoisotopic (exact) mass is 470 g/mol. The minimum Gasteiger partial charge on any atom is -0.460 e. The fourth-order valence-electron chi connectivity index (χ4n) is 4.33. The Balaban J connectivity index is 1.45. The zero-order chi connectivity index (χ0) is 23.4. The molecule has 1 atom stereocenters. The minimum absolute atomic E-state index is 0.184. The third-order valence-electron chi connectivity index (χ3n) is 6.04. The molecule has 1 unspecified atom stereocenters. The first-order valence-corrected chi connectivity index (χ1v) is 12.8. The quantitative estimate of drug-likeness (QED) is 0.499. The third-order valence-corrected chi connectivity index (χ3v) is 7.48. The third kappa shape index (κ3) is 5.46. The van der Waals surface area contributed by atoms with Crippen LogP contribution in [0.5, 0.6) is 0 Å². The number of carbonyl (C=O) groups excluding carboxylic acids is 1. The van der Waals surface area contributed by atoms with Crippen LogP contribution in [-0.4, -0.2) is 45.5 Å². The molecule has 1 aliphatic heterocycles. The summed E-state index contributed by atoms with van der Waals surface area (Å²) in [5.41, 5.74) is 2.51. The average molecular weight is 471 g/mol. The number of rotatable bonds is 8. The van der Waals surface area contributed by atoms with E-state index in [0.717, 1.165) is 42.4 Å². The molecule has 1 aliphatic rings. The SMILES string of the molecule is CCOC(=O)c1oc2ccccc2c1CN1CCCC(CNS(=O)(=O)c2ccc(C)cc2)C1. The van der Waals surface area contributed by atoms with Gasteiger partial charge in [0.15, 0.2) is 0 Å². The van der Waals surface area contributed by atoms with Crippen LogP contribution in [0.4, 0.5) is 0 Å². The number of benzene rings is 2. The van der Waals surface area contributed by atoms with Crippen LogP contribution in [0.25, 0.3) is 11.0 Å². The summed E-state index contributed by atoms with van der Waals surface area (Å²) in [5.74, 6) is -0.0217. The molecular formula is C25H30N2O5S. The van der Waals surface area contributed by atoms with Crippen molar-refractivity contribution in [1.82, 2.24) is 9.62 Å². The highest BCUT2D eigenvalue weighted by molar-refractivity contribution is 7.89. The maximum atomic E-state index is 12.7. The number of hydrogen-bond acceptors (Lipinski definition) is 6. The number of fused-ring (bicyclic) bond motifs is 1. The van der Waals surface area contributed by atoms with Crippen LogP contribution in [0.3, 0.4) is 0 Å². The van der Waals surface area contributed by atoms with Gasteiger partial charge in [0.1, 0.15) is 5.58 Å². The van der Waals surface area contributed by atoms with Gasteiger partial charge in [-0.05, 0) is 57.4 Å². The van der Waals surface area contributed by atoms with Gasteiger partial charge in [-0.1, -0.05) is 35.9 Å². The second kappa shape index (κ2) is 10.1. The molecule has 8 heteroatoms. The molecule has 176 valence electrons. The van der Waals surface area contributed by atoms with Gasteiger partial charge in [-0.25, -0.2) is 17.9 Å². The molecule has 0 spiro atoms. The van der Waals surface area contributed by atoms with Crippen molar-refractivity contribution in [3.05, 3.63) is 65.4 Å².